The zero-order valence-corrected chi connectivity index (χ0v) is 12.1. The highest BCUT2D eigenvalue weighted by Gasteiger charge is 2.35. The second-order valence-corrected chi connectivity index (χ2v) is 6.02. The fourth-order valence-electron chi connectivity index (χ4n) is 3.04. The molecule has 2 rings (SSSR count). The Morgan fingerprint density at radius 1 is 1.29 bits per heavy atom. The Labute approximate surface area is 122 Å². The van der Waals surface area contributed by atoms with Gasteiger partial charge in [0.05, 0.1) is 11.2 Å². The van der Waals surface area contributed by atoms with Gasteiger partial charge in [-0.1, -0.05) is 18.9 Å². The smallest absolute Gasteiger partial charge is 0.399 e. The second-order valence-electron chi connectivity index (χ2n) is 6.02. The molecule has 1 aromatic rings. The zero-order valence-electron chi connectivity index (χ0n) is 12.1. The lowest BCUT2D eigenvalue weighted by Crippen LogP contribution is -2.39. The van der Waals surface area contributed by atoms with Crippen molar-refractivity contribution in [3.63, 3.8) is 0 Å². The average molecular weight is 302 g/mol. The Bertz CT molecular complexity index is 496. The molecule has 0 unspecified atom stereocenters. The van der Waals surface area contributed by atoms with Crippen LogP contribution < -0.4 is 5.73 Å². The van der Waals surface area contributed by atoms with Gasteiger partial charge in [0.2, 0.25) is 0 Å². The number of hydrogen-bond donors (Lipinski definition) is 2. The largest absolute Gasteiger partial charge is 0.416 e. The minimum absolute atomic E-state index is 0.100. The molecule has 0 radical (unpaired) electrons. The van der Waals surface area contributed by atoms with E-state index >= 15 is 0 Å². The zero-order chi connectivity index (χ0) is 15.7. The number of alkyl halides is 3. The van der Waals surface area contributed by atoms with E-state index in [9.17, 15) is 18.3 Å². The van der Waals surface area contributed by atoms with Crippen molar-refractivity contribution in [2.45, 2.75) is 44.0 Å². The molecule has 1 aromatic carbocycles. The molecule has 6 heteroatoms. The third kappa shape index (κ3) is 4.11. The molecule has 0 heterocycles. The van der Waals surface area contributed by atoms with Crippen molar-refractivity contribution in [2.24, 2.45) is 0 Å². The summed E-state index contributed by atoms with van der Waals surface area (Å²) in [5.41, 5.74) is 4.27. The van der Waals surface area contributed by atoms with E-state index in [2.05, 4.69) is 0 Å². The predicted molar refractivity (Wildman–Crippen MR) is 75.6 cm³/mol. The van der Waals surface area contributed by atoms with Gasteiger partial charge >= 0.3 is 6.18 Å². The predicted octanol–water partition coefficient (Wildman–Crippen LogP) is 3.02. The lowest BCUT2D eigenvalue weighted by Gasteiger charge is -2.29. The summed E-state index contributed by atoms with van der Waals surface area (Å²) in [5, 5.41) is 10.3. The maximum Gasteiger partial charge on any atom is 0.416 e. The van der Waals surface area contributed by atoms with E-state index in [1.54, 1.807) is 11.9 Å². The standard InChI is InChI=1S/C15H21F3N2O/c1-20(10-14(21)6-2-3-7-14)9-11-4-5-12(19)8-13(11)15(16,17)18/h4-5,8,21H,2-3,6-7,9-10,19H2,1H3. The molecular weight excluding hydrogens is 281 g/mol. The Morgan fingerprint density at radius 2 is 1.90 bits per heavy atom. The number of rotatable bonds is 4. The molecule has 3 N–H and O–H groups in total. The molecule has 1 aliphatic carbocycles. The van der Waals surface area contributed by atoms with Crippen LogP contribution in [0.25, 0.3) is 0 Å². The fourth-order valence-corrected chi connectivity index (χ4v) is 3.04. The number of likely N-dealkylation sites (N-methyl/N-ethyl adjacent to an activating group) is 1. The Hall–Kier alpha value is -1.27. The third-order valence-corrected chi connectivity index (χ3v) is 3.98. The van der Waals surface area contributed by atoms with Crippen LogP contribution in [0, 0.1) is 0 Å². The van der Waals surface area contributed by atoms with Crippen molar-refractivity contribution < 1.29 is 18.3 Å². The van der Waals surface area contributed by atoms with Crippen LogP contribution in [0.2, 0.25) is 0 Å². The molecule has 1 aliphatic rings. The highest BCUT2D eigenvalue weighted by molar-refractivity contribution is 5.46. The molecule has 0 saturated heterocycles. The van der Waals surface area contributed by atoms with E-state index in [4.69, 9.17) is 5.73 Å². The van der Waals surface area contributed by atoms with Gasteiger partial charge < -0.3 is 10.8 Å². The first kappa shape index (κ1) is 16.1. The molecule has 118 valence electrons. The van der Waals surface area contributed by atoms with Crippen LogP contribution in [0.15, 0.2) is 18.2 Å². The molecule has 0 aromatic heterocycles. The molecule has 1 fully saturated rings. The molecule has 21 heavy (non-hydrogen) atoms. The van der Waals surface area contributed by atoms with Gasteiger partial charge in [-0.3, -0.25) is 4.90 Å². The Kier molecular flexibility index (Phi) is 4.49. The molecule has 0 amide bonds. The first-order valence-corrected chi connectivity index (χ1v) is 7.06. The van der Waals surface area contributed by atoms with Crippen LogP contribution in [-0.4, -0.2) is 29.2 Å². The lowest BCUT2D eigenvalue weighted by atomic mass is 10.0. The van der Waals surface area contributed by atoms with E-state index in [-0.39, 0.29) is 17.8 Å². The summed E-state index contributed by atoms with van der Waals surface area (Å²) in [5.74, 6) is 0. The molecule has 0 atom stereocenters. The van der Waals surface area contributed by atoms with Crippen LogP contribution in [0.1, 0.15) is 36.8 Å². The number of nitrogens with zero attached hydrogens (tertiary/aromatic N) is 1. The van der Waals surface area contributed by atoms with E-state index in [0.29, 0.717) is 19.4 Å². The van der Waals surface area contributed by atoms with Gasteiger partial charge in [0.25, 0.3) is 0 Å². The van der Waals surface area contributed by atoms with Gasteiger partial charge in [0.15, 0.2) is 0 Å². The minimum atomic E-state index is -4.42. The summed E-state index contributed by atoms with van der Waals surface area (Å²) in [7, 11) is 1.73. The van der Waals surface area contributed by atoms with Crippen molar-refractivity contribution in [1.82, 2.24) is 4.90 Å². The number of halogens is 3. The summed E-state index contributed by atoms with van der Waals surface area (Å²) in [6.07, 6.45) is -1.05. The van der Waals surface area contributed by atoms with Crippen LogP contribution in [0.3, 0.4) is 0 Å². The first-order chi connectivity index (χ1) is 9.70. The molecule has 0 spiro atoms. The maximum absolute atomic E-state index is 13.0. The van der Waals surface area contributed by atoms with Gasteiger partial charge in [-0.2, -0.15) is 13.2 Å². The second kappa shape index (κ2) is 5.85. The van der Waals surface area contributed by atoms with E-state index in [0.717, 1.165) is 18.9 Å². The van der Waals surface area contributed by atoms with Crippen molar-refractivity contribution >= 4 is 5.69 Å². The minimum Gasteiger partial charge on any atom is -0.399 e. The van der Waals surface area contributed by atoms with E-state index in [1.165, 1.54) is 12.1 Å². The summed E-state index contributed by atoms with van der Waals surface area (Å²) in [6.45, 7) is 0.520. The molecular formula is C15H21F3N2O. The van der Waals surface area contributed by atoms with Crippen LogP contribution >= 0.6 is 0 Å². The Morgan fingerprint density at radius 3 is 2.48 bits per heavy atom. The highest BCUT2D eigenvalue weighted by Crippen LogP contribution is 2.34. The fraction of sp³-hybridized carbons (Fsp3) is 0.600. The van der Waals surface area contributed by atoms with Gasteiger partial charge in [0.1, 0.15) is 0 Å². The number of anilines is 1. The van der Waals surface area contributed by atoms with Crippen LogP contribution in [-0.2, 0) is 12.7 Å². The van der Waals surface area contributed by atoms with Crippen molar-refractivity contribution in [1.29, 1.82) is 0 Å². The van der Waals surface area contributed by atoms with E-state index < -0.39 is 17.3 Å². The molecule has 0 bridgehead atoms. The monoisotopic (exact) mass is 302 g/mol. The average Bonchev–Trinajstić information content (AvgIpc) is 2.76. The molecule has 0 aliphatic heterocycles. The number of nitrogen functional groups attached to an aromatic ring is 1. The van der Waals surface area contributed by atoms with Crippen molar-refractivity contribution in [3.05, 3.63) is 29.3 Å². The van der Waals surface area contributed by atoms with Gasteiger partial charge in [-0.05, 0) is 37.6 Å². The van der Waals surface area contributed by atoms with Gasteiger partial charge in [-0.15, -0.1) is 0 Å². The summed E-state index contributed by atoms with van der Waals surface area (Å²) in [4.78, 5) is 1.74. The third-order valence-electron chi connectivity index (χ3n) is 3.98. The summed E-state index contributed by atoms with van der Waals surface area (Å²) < 4.78 is 39.1. The van der Waals surface area contributed by atoms with Gasteiger partial charge in [-0.25, -0.2) is 0 Å². The van der Waals surface area contributed by atoms with Crippen LogP contribution in [0.5, 0.6) is 0 Å². The summed E-state index contributed by atoms with van der Waals surface area (Å²) >= 11 is 0. The van der Waals surface area contributed by atoms with Crippen molar-refractivity contribution in [3.8, 4) is 0 Å². The lowest BCUT2D eigenvalue weighted by molar-refractivity contribution is -0.138. The number of hydrogen-bond acceptors (Lipinski definition) is 3. The maximum atomic E-state index is 13.0. The highest BCUT2D eigenvalue weighted by atomic mass is 19.4. The first-order valence-electron chi connectivity index (χ1n) is 7.06. The number of nitrogens with two attached hydrogens (primary N) is 1. The van der Waals surface area contributed by atoms with Crippen LogP contribution in [0.4, 0.5) is 18.9 Å². The van der Waals surface area contributed by atoms with Gasteiger partial charge in [0, 0.05) is 18.8 Å². The number of benzene rings is 1. The molecule has 3 nitrogen and oxygen atoms in total. The van der Waals surface area contributed by atoms with E-state index in [1.807, 2.05) is 0 Å². The topological polar surface area (TPSA) is 49.5 Å². The summed E-state index contributed by atoms with van der Waals surface area (Å²) in [6, 6.07) is 3.85. The quantitative estimate of drug-likeness (QED) is 0.841. The SMILES string of the molecule is CN(Cc1ccc(N)cc1C(F)(F)F)CC1(O)CCCC1. The molecule has 1 saturated carbocycles. The Balaban J connectivity index is 2.12. The van der Waals surface area contributed by atoms with Crippen molar-refractivity contribution in [2.75, 3.05) is 19.3 Å². The number of aliphatic hydroxyl groups is 1. The normalized spacial score (nSPS) is 18.4.